The van der Waals surface area contributed by atoms with Crippen LogP contribution in [0, 0.1) is 10.1 Å². The summed E-state index contributed by atoms with van der Waals surface area (Å²) in [6, 6.07) is 10.1. The number of hydrogen-bond acceptors (Lipinski definition) is 7. The highest BCUT2D eigenvalue weighted by molar-refractivity contribution is 6.21. The highest BCUT2D eigenvalue weighted by Gasteiger charge is 2.36. The van der Waals surface area contributed by atoms with Crippen LogP contribution in [-0.4, -0.2) is 40.9 Å². The van der Waals surface area contributed by atoms with E-state index in [0.717, 1.165) is 30.2 Å². The van der Waals surface area contributed by atoms with Gasteiger partial charge in [0.2, 0.25) is 0 Å². The molecule has 9 nitrogen and oxygen atoms in total. The summed E-state index contributed by atoms with van der Waals surface area (Å²) in [4.78, 5) is 48.1. The number of benzene rings is 2. The van der Waals surface area contributed by atoms with Gasteiger partial charge in [-0.25, -0.2) is 4.79 Å². The summed E-state index contributed by atoms with van der Waals surface area (Å²) >= 11 is 0. The maximum Gasteiger partial charge on any atom is 0.338 e. The number of anilines is 1. The number of carbonyl (C=O) groups excluding carboxylic acids is 3. The minimum absolute atomic E-state index is 0.0113. The van der Waals surface area contributed by atoms with E-state index in [2.05, 4.69) is 12.2 Å². The lowest BCUT2D eigenvalue weighted by Crippen LogP contribution is -2.34. The fourth-order valence-electron chi connectivity index (χ4n) is 3.03. The molecule has 0 radical (unpaired) electrons. The molecule has 0 aromatic heterocycles. The maximum atomic E-state index is 12.5. The number of fused-ring (bicyclic) bond motifs is 1. The van der Waals surface area contributed by atoms with E-state index in [1.165, 1.54) is 12.1 Å². The van der Waals surface area contributed by atoms with Gasteiger partial charge in [0.25, 0.3) is 17.5 Å². The van der Waals surface area contributed by atoms with Gasteiger partial charge in [-0.1, -0.05) is 19.8 Å². The molecule has 3 rings (SSSR count). The van der Waals surface area contributed by atoms with Crippen LogP contribution in [0.4, 0.5) is 11.4 Å². The van der Waals surface area contributed by atoms with Gasteiger partial charge in [0.15, 0.2) is 0 Å². The third kappa shape index (κ3) is 4.45. The van der Waals surface area contributed by atoms with Crippen molar-refractivity contribution in [2.45, 2.75) is 26.2 Å². The number of nitrogens with one attached hydrogen (secondary N) is 1. The SMILES string of the molecule is CCCCCOC(=O)c1ccc(NCN2C(=O)c3ccc([N+](=O)[O-])cc3C2=O)cc1. The fraction of sp³-hybridized carbons (Fsp3) is 0.286. The van der Waals surface area contributed by atoms with Crippen LogP contribution in [0.15, 0.2) is 42.5 Å². The minimum atomic E-state index is -0.616. The Hall–Kier alpha value is -3.75. The number of nitro benzene ring substituents is 1. The summed E-state index contributed by atoms with van der Waals surface area (Å²) in [6.07, 6.45) is 2.87. The van der Waals surface area contributed by atoms with Crippen LogP contribution >= 0.6 is 0 Å². The first-order chi connectivity index (χ1) is 14.4. The molecule has 2 amide bonds. The predicted octanol–water partition coefficient (Wildman–Crippen LogP) is 3.61. The Bertz CT molecular complexity index is 987. The molecule has 0 atom stereocenters. The molecule has 1 heterocycles. The van der Waals surface area contributed by atoms with E-state index >= 15 is 0 Å². The number of esters is 1. The lowest BCUT2D eigenvalue weighted by molar-refractivity contribution is -0.384. The Kier molecular flexibility index (Phi) is 6.41. The topological polar surface area (TPSA) is 119 Å². The molecule has 30 heavy (non-hydrogen) atoms. The van der Waals surface area contributed by atoms with E-state index in [0.29, 0.717) is 17.9 Å². The van der Waals surface area contributed by atoms with Crippen molar-refractivity contribution in [3.8, 4) is 0 Å². The van der Waals surface area contributed by atoms with Crippen molar-refractivity contribution in [2.24, 2.45) is 0 Å². The molecule has 0 spiro atoms. The smallest absolute Gasteiger partial charge is 0.338 e. The molecule has 2 aromatic carbocycles. The molecule has 0 bridgehead atoms. The normalized spacial score (nSPS) is 12.6. The van der Waals surface area contributed by atoms with E-state index in [1.807, 2.05) is 0 Å². The first kappa shape index (κ1) is 21.0. The van der Waals surface area contributed by atoms with Crippen LogP contribution in [0.25, 0.3) is 0 Å². The number of rotatable bonds is 9. The highest BCUT2D eigenvalue weighted by atomic mass is 16.6. The Balaban J connectivity index is 1.59. The molecular formula is C21H21N3O6. The number of non-ortho nitro benzene ring substituents is 1. The van der Waals surface area contributed by atoms with Crippen molar-refractivity contribution >= 4 is 29.2 Å². The van der Waals surface area contributed by atoms with Crippen LogP contribution in [0.3, 0.4) is 0 Å². The van der Waals surface area contributed by atoms with Crippen molar-refractivity contribution in [1.82, 2.24) is 4.90 Å². The molecule has 156 valence electrons. The lowest BCUT2D eigenvalue weighted by atomic mass is 10.1. The summed E-state index contributed by atoms with van der Waals surface area (Å²) < 4.78 is 5.20. The second-order valence-corrected chi connectivity index (χ2v) is 6.78. The Labute approximate surface area is 172 Å². The number of amides is 2. The summed E-state index contributed by atoms with van der Waals surface area (Å²) in [5, 5.41) is 13.8. The summed E-state index contributed by atoms with van der Waals surface area (Å²) in [5.74, 6) is -1.53. The molecule has 1 aliphatic heterocycles. The second kappa shape index (κ2) is 9.17. The number of unbranched alkanes of at least 4 members (excludes halogenated alkanes) is 2. The number of ether oxygens (including phenoxy) is 1. The van der Waals surface area contributed by atoms with Gasteiger partial charge in [-0.3, -0.25) is 24.6 Å². The zero-order valence-corrected chi connectivity index (χ0v) is 16.4. The molecule has 0 unspecified atom stereocenters. The van der Waals surface area contributed by atoms with Crippen molar-refractivity contribution < 1.29 is 24.0 Å². The number of nitro groups is 1. The van der Waals surface area contributed by atoms with Crippen LogP contribution in [-0.2, 0) is 4.74 Å². The molecule has 0 fully saturated rings. The van der Waals surface area contributed by atoms with Gasteiger partial charge in [0, 0.05) is 17.8 Å². The standard InChI is InChI=1S/C21H21N3O6/c1-2-3-4-11-30-21(27)14-5-7-15(8-6-14)22-13-23-19(25)17-10-9-16(24(28)29)12-18(17)20(23)26/h5-10,12,22H,2-4,11,13H2,1H3. The third-order valence-electron chi connectivity index (χ3n) is 4.71. The monoisotopic (exact) mass is 411 g/mol. The first-order valence-corrected chi connectivity index (χ1v) is 9.58. The second-order valence-electron chi connectivity index (χ2n) is 6.78. The molecular weight excluding hydrogens is 390 g/mol. The van der Waals surface area contributed by atoms with Gasteiger partial charge < -0.3 is 10.1 Å². The zero-order chi connectivity index (χ0) is 21.7. The Morgan fingerprint density at radius 3 is 2.43 bits per heavy atom. The molecule has 9 heteroatoms. The molecule has 1 N–H and O–H groups in total. The lowest BCUT2D eigenvalue weighted by Gasteiger charge is -2.15. The quantitative estimate of drug-likeness (QED) is 0.220. The van der Waals surface area contributed by atoms with E-state index < -0.39 is 22.7 Å². The molecule has 0 aliphatic carbocycles. The van der Waals surface area contributed by atoms with Gasteiger partial charge >= 0.3 is 5.97 Å². The molecule has 0 saturated carbocycles. The van der Waals surface area contributed by atoms with Crippen molar-refractivity contribution in [2.75, 3.05) is 18.6 Å². The third-order valence-corrected chi connectivity index (χ3v) is 4.71. The van der Waals surface area contributed by atoms with E-state index in [1.54, 1.807) is 24.3 Å². The van der Waals surface area contributed by atoms with E-state index in [4.69, 9.17) is 4.74 Å². The zero-order valence-electron chi connectivity index (χ0n) is 16.4. The fourth-order valence-corrected chi connectivity index (χ4v) is 3.03. The van der Waals surface area contributed by atoms with Crippen molar-refractivity contribution in [3.63, 3.8) is 0 Å². The van der Waals surface area contributed by atoms with E-state index in [-0.39, 0.29) is 23.5 Å². The van der Waals surface area contributed by atoms with Gasteiger partial charge in [-0.05, 0) is 36.8 Å². The Morgan fingerprint density at radius 1 is 1.07 bits per heavy atom. The number of hydrogen-bond donors (Lipinski definition) is 1. The summed E-state index contributed by atoms with van der Waals surface area (Å²) in [7, 11) is 0. The number of imide groups is 1. The molecule has 2 aromatic rings. The summed E-state index contributed by atoms with van der Waals surface area (Å²) in [6.45, 7) is 2.34. The number of nitrogens with zero attached hydrogens (tertiary/aromatic N) is 2. The predicted molar refractivity (Wildman–Crippen MR) is 108 cm³/mol. The average molecular weight is 411 g/mol. The van der Waals surface area contributed by atoms with Gasteiger partial charge in [-0.2, -0.15) is 0 Å². The maximum absolute atomic E-state index is 12.5. The number of carbonyl (C=O) groups is 3. The van der Waals surface area contributed by atoms with Gasteiger partial charge in [-0.15, -0.1) is 0 Å². The highest BCUT2D eigenvalue weighted by Crippen LogP contribution is 2.26. The van der Waals surface area contributed by atoms with Crippen molar-refractivity contribution in [3.05, 3.63) is 69.3 Å². The first-order valence-electron chi connectivity index (χ1n) is 9.58. The van der Waals surface area contributed by atoms with Crippen LogP contribution in [0.2, 0.25) is 0 Å². The summed E-state index contributed by atoms with van der Waals surface area (Å²) in [5.41, 5.74) is 0.901. The van der Waals surface area contributed by atoms with Gasteiger partial charge in [0.05, 0.1) is 34.9 Å². The Morgan fingerprint density at radius 2 is 1.77 bits per heavy atom. The van der Waals surface area contributed by atoms with Crippen LogP contribution in [0.1, 0.15) is 57.3 Å². The molecule has 1 aliphatic rings. The van der Waals surface area contributed by atoms with Crippen LogP contribution < -0.4 is 5.32 Å². The largest absolute Gasteiger partial charge is 0.462 e. The van der Waals surface area contributed by atoms with Crippen LogP contribution in [0.5, 0.6) is 0 Å². The van der Waals surface area contributed by atoms with E-state index in [9.17, 15) is 24.5 Å². The minimum Gasteiger partial charge on any atom is -0.462 e. The average Bonchev–Trinajstić information content (AvgIpc) is 2.99. The van der Waals surface area contributed by atoms with Crippen molar-refractivity contribution in [1.29, 1.82) is 0 Å². The van der Waals surface area contributed by atoms with Gasteiger partial charge in [0.1, 0.15) is 0 Å². The molecule has 0 saturated heterocycles.